The largest absolute Gasteiger partial charge is 0.499 e. The third-order valence-corrected chi connectivity index (χ3v) is 5.89. The van der Waals surface area contributed by atoms with Crippen LogP contribution in [0.3, 0.4) is 0 Å². The Morgan fingerprint density at radius 2 is 0.686 bits per heavy atom. The summed E-state index contributed by atoms with van der Waals surface area (Å²) in [5, 5.41) is 5.63. The van der Waals surface area contributed by atoms with E-state index in [1.165, 1.54) is 61.4 Å². The summed E-state index contributed by atoms with van der Waals surface area (Å²) in [6.07, 6.45) is 4.94. The highest BCUT2D eigenvalue weighted by Gasteiger charge is 2.19. The molecule has 0 saturated heterocycles. The Bertz CT molecular complexity index is 1330. The van der Waals surface area contributed by atoms with Gasteiger partial charge in [-0.2, -0.15) is 0 Å². The van der Waals surface area contributed by atoms with Crippen LogP contribution in [0.25, 0.3) is 0 Å². The normalized spacial score (nSPS) is 9.41. The first kappa shape index (κ1) is 45.9. The summed E-state index contributed by atoms with van der Waals surface area (Å²) < 4.78 is 34.3. The molecule has 0 saturated carbocycles. The number of esters is 3. The molecule has 0 fully saturated rings. The molecule has 0 bridgehead atoms. The third kappa shape index (κ3) is 20.2. The van der Waals surface area contributed by atoms with Gasteiger partial charge in [-0.25, -0.2) is 14.4 Å². The Labute approximate surface area is 308 Å². The molecule has 51 heavy (non-hydrogen) atoms. The van der Waals surface area contributed by atoms with Crippen molar-refractivity contribution < 1.29 is 67.0 Å². The Morgan fingerprint density at radius 1 is 0.451 bits per heavy atom. The summed E-state index contributed by atoms with van der Waals surface area (Å²) in [7, 11) is 0. The zero-order valence-corrected chi connectivity index (χ0v) is 29.4. The lowest BCUT2D eigenvalue weighted by molar-refractivity contribution is 0.0414. The van der Waals surface area contributed by atoms with Crippen molar-refractivity contribution in [3.8, 4) is 0 Å². The average Bonchev–Trinajstić information content (AvgIpc) is 3.12. The number of ether oxygens (including phenoxy) is 7. The second kappa shape index (κ2) is 27.6. The van der Waals surface area contributed by atoms with E-state index in [0.29, 0.717) is 6.61 Å². The molecule has 0 aliphatic carbocycles. The molecule has 1 N–H and O–H groups in total. The van der Waals surface area contributed by atoms with Gasteiger partial charge in [0.1, 0.15) is 46.2 Å². The molecule has 0 unspecified atom stereocenters. The van der Waals surface area contributed by atoms with Crippen LogP contribution in [0.5, 0.6) is 0 Å². The standard InChI is InChI=1S/C21H24O9.C9H3Cl3O3.C4H8O2/c1-4-25-7-10-28-19(22)16-13-17(20(23)29-11-8-26-5-2)15-18(14-16)21(24)30-12-9-27-6-3;10-7(13)4-1-5(8(11)14)3-6(2-4)9(12)15;1-2-6-4-3-5/h4-6,13-15H,1-3,7-12H2;1-3H;2,5H,1,3-4H2. The SMILES string of the molecule is C=COCCO.C=COCCOC(=O)c1cc(C(=O)OCCOC=C)cc(C(=O)OCCOC=C)c1.O=C(Cl)c1cc(C(=O)Cl)cc(C(=O)Cl)c1. The molecule has 2 rings (SSSR count). The predicted molar refractivity (Wildman–Crippen MR) is 186 cm³/mol. The van der Waals surface area contributed by atoms with E-state index in [-0.39, 0.29) is 79.6 Å². The van der Waals surface area contributed by atoms with Crippen LogP contribution in [0.4, 0.5) is 0 Å². The van der Waals surface area contributed by atoms with Crippen molar-refractivity contribution >= 4 is 68.4 Å². The van der Waals surface area contributed by atoms with E-state index in [2.05, 4.69) is 31.1 Å². The fraction of sp³-hybridized carbons (Fsp3) is 0.235. The van der Waals surface area contributed by atoms with Gasteiger partial charge in [-0.3, -0.25) is 14.4 Å². The first-order chi connectivity index (χ1) is 24.4. The number of aliphatic hydroxyl groups is 1. The summed E-state index contributed by atoms with van der Waals surface area (Å²) in [4.78, 5) is 69.4. The van der Waals surface area contributed by atoms with E-state index in [1.807, 2.05) is 0 Å². The van der Waals surface area contributed by atoms with Crippen LogP contribution in [-0.2, 0) is 33.2 Å². The monoisotopic (exact) mass is 772 g/mol. The van der Waals surface area contributed by atoms with Gasteiger partial charge in [0.15, 0.2) is 0 Å². The van der Waals surface area contributed by atoms with Gasteiger partial charge in [0, 0.05) is 16.7 Å². The predicted octanol–water partition coefficient (Wildman–Crippen LogP) is 5.60. The minimum Gasteiger partial charge on any atom is -0.499 e. The molecule has 2 aromatic rings. The van der Waals surface area contributed by atoms with Crippen molar-refractivity contribution in [2.24, 2.45) is 0 Å². The van der Waals surface area contributed by atoms with E-state index >= 15 is 0 Å². The van der Waals surface area contributed by atoms with E-state index in [4.69, 9.17) is 68.3 Å². The van der Waals surface area contributed by atoms with Crippen LogP contribution < -0.4 is 0 Å². The number of benzene rings is 2. The van der Waals surface area contributed by atoms with E-state index in [9.17, 15) is 28.8 Å². The van der Waals surface area contributed by atoms with Gasteiger partial charge in [-0.05, 0) is 71.2 Å². The van der Waals surface area contributed by atoms with Crippen molar-refractivity contribution in [1.82, 2.24) is 0 Å². The number of carbonyl (C=O) groups is 6. The topological polar surface area (TPSA) is 187 Å². The molecule has 0 aliphatic rings. The second-order valence-electron chi connectivity index (χ2n) is 8.70. The molecule has 0 amide bonds. The molecule has 17 heteroatoms. The Balaban J connectivity index is 0.000000978. The van der Waals surface area contributed by atoms with Gasteiger partial charge < -0.3 is 38.3 Å². The van der Waals surface area contributed by atoms with Crippen molar-refractivity contribution in [2.75, 3.05) is 52.9 Å². The number of rotatable bonds is 21. The smallest absolute Gasteiger partial charge is 0.338 e. The van der Waals surface area contributed by atoms with Gasteiger partial charge >= 0.3 is 17.9 Å². The van der Waals surface area contributed by atoms with Gasteiger partial charge in [0.25, 0.3) is 15.7 Å². The lowest BCUT2D eigenvalue weighted by Crippen LogP contribution is -2.16. The maximum Gasteiger partial charge on any atom is 0.338 e. The molecule has 276 valence electrons. The maximum atomic E-state index is 12.3. The van der Waals surface area contributed by atoms with Crippen LogP contribution >= 0.6 is 34.8 Å². The number of halogens is 3. The molecule has 0 aliphatic heterocycles. The van der Waals surface area contributed by atoms with E-state index in [0.717, 1.165) is 0 Å². The lowest BCUT2D eigenvalue weighted by Gasteiger charge is -2.10. The fourth-order valence-corrected chi connectivity index (χ4v) is 3.46. The molecule has 0 atom stereocenters. The summed E-state index contributed by atoms with van der Waals surface area (Å²) in [6.45, 7) is 14.0. The number of hydrogen-bond donors (Lipinski definition) is 1. The highest BCUT2D eigenvalue weighted by atomic mass is 35.5. The third-order valence-electron chi connectivity index (χ3n) is 5.24. The summed E-state index contributed by atoms with van der Waals surface area (Å²) in [5.41, 5.74) is -0.106. The summed E-state index contributed by atoms with van der Waals surface area (Å²) in [6, 6.07) is 7.33. The number of aliphatic hydroxyl groups excluding tert-OH is 1. The molecule has 0 aromatic heterocycles. The maximum absolute atomic E-state index is 12.3. The Morgan fingerprint density at radius 3 is 0.882 bits per heavy atom. The van der Waals surface area contributed by atoms with Gasteiger partial charge in [-0.1, -0.05) is 26.3 Å². The molecular weight excluding hydrogens is 739 g/mol. The molecule has 0 spiro atoms. The zero-order valence-electron chi connectivity index (χ0n) is 27.1. The van der Waals surface area contributed by atoms with Gasteiger partial charge in [-0.15, -0.1) is 0 Å². The number of carbonyl (C=O) groups excluding carboxylic acids is 6. The van der Waals surface area contributed by atoms with Crippen LogP contribution in [-0.4, -0.2) is 91.6 Å². The van der Waals surface area contributed by atoms with Crippen LogP contribution in [0.2, 0.25) is 0 Å². The van der Waals surface area contributed by atoms with E-state index in [1.54, 1.807) is 0 Å². The van der Waals surface area contributed by atoms with Crippen molar-refractivity contribution in [3.05, 3.63) is 121 Å². The Hall–Kier alpha value is -5.15. The minimum absolute atomic E-state index is 0.00725. The first-order valence-corrected chi connectivity index (χ1v) is 15.4. The minimum atomic E-state index is -0.797. The van der Waals surface area contributed by atoms with Crippen LogP contribution in [0.1, 0.15) is 62.1 Å². The first-order valence-electron chi connectivity index (χ1n) is 14.3. The lowest BCUT2D eigenvalue weighted by atomic mass is 10.1. The Kier molecular flexibility index (Phi) is 24.9. The molecule has 0 heterocycles. The quantitative estimate of drug-likeness (QED) is 0.0543. The fourth-order valence-electron chi connectivity index (χ4n) is 3.13. The second-order valence-corrected chi connectivity index (χ2v) is 9.73. The average molecular weight is 774 g/mol. The van der Waals surface area contributed by atoms with Gasteiger partial charge in [0.05, 0.1) is 48.3 Å². The molecule has 2 aromatic carbocycles. The van der Waals surface area contributed by atoms with Crippen LogP contribution in [0.15, 0.2) is 87.8 Å². The zero-order chi connectivity index (χ0) is 38.6. The van der Waals surface area contributed by atoms with Crippen molar-refractivity contribution in [3.63, 3.8) is 0 Å². The van der Waals surface area contributed by atoms with Crippen LogP contribution in [0, 0.1) is 0 Å². The highest BCUT2D eigenvalue weighted by Crippen LogP contribution is 2.17. The van der Waals surface area contributed by atoms with Gasteiger partial charge in [0.2, 0.25) is 0 Å². The van der Waals surface area contributed by atoms with E-state index < -0.39 is 33.6 Å². The molecule has 14 nitrogen and oxygen atoms in total. The molecular formula is C34H35Cl3O14. The van der Waals surface area contributed by atoms with Crippen molar-refractivity contribution in [2.45, 2.75) is 0 Å². The number of hydrogen-bond acceptors (Lipinski definition) is 14. The summed E-state index contributed by atoms with van der Waals surface area (Å²) in [5.74, 6) is -2.26. The molecule has 0 radical (unpaired) electrons. The summed E-state index contributed by atoms with van der Waals surface area (Å²) >= 11 is 15.6. The van der Waals surface area contributed by atoms with Crippen molar-refractivity contribution in [1.29, 1.82) is 0 Å². The highest BCUT2D eigenvalue weighted by molar-refractivity contribution is 6.70.